The van der Waals surface area contributed by atoms with Crippen molar-refractivity contribution in [3.8, 4) is 0 Å². The first-order chi connectivity index (χ1) is 12.9. The fraction of sp³-hybridized carbons (Fsp3) is 0.389. The minimum atomic E-state index is -0.381. The molecule has 3 aromatic rings. The molecule has 0 saturated heterocycles. The maximum absolute atomic E-state index is 12.9. The van der Waals surface area contributed by atoms with E-state index in [4.69, 9.17) is 0 Å². The van der Waals surface area contributed by atoms with E-state index in [0.717, 1.165) is 5.56 Å². The van der Waals surface area contributed by atoms with Gasteiger partial charge in [0.1, 0.15) is 24.2 Å². The Labute approximate surface area is 156 Å². The van der Waals surface area contributed by atoms with Gasteiger partial charge in [0, 0.05) is 26.0 Å². The summed E-state index contributed by atoms with van der Waals surface area (Å²) in [4.78, 5) is 34.9. The van der Waals surface area contributed by atoms with Crippen molar-refractivity contribution >= 4 is 23.2 Å². The first-order valence-electron chi connectivity index (χ1n) is 8.80. The van der Waals surface area contributed by atoms with E-state index in [1.165, 1.54) is 17.2 Å². The molecule has 27 heavy (non-hydrogen) atoms. The van der Waals surface area contributed by atoms with Crippen LogP contribution in [0, 0.1) is 0 Å². The molecule has 142 valence electrons. The van der Waals surface area contributed by atoms with Gasteiger partial charge in [-0.3, -0.25) is 14.0 Å². The van der Waals surface area contributed by atoms with E-state index in [1.54, 1.807) is 10.5 Å². The average Bonchev–Trinajstić information content (AvgIpc) is 3.10. The van der Waals surface area contributed by atoms with Gasteiger partial charge in [0.25, 0.3) is 5.56 Å². The Morgan fingerprint density at radius 3 is 2.78 bits per heavy atom. The van der Waals surface area contributed by atoms with Crippen molar-refractivity contribution in [2.45, 2.75) is 33.2 Å². The molecule has 0 aliphatic rings. The van der Waals surface area contributed by atoms with Crippen molar-refractivity contribution in [3.05, 3.63) is 46.8 Å². The molecular weight excluding hydrogens is 346 g/mol. The molecule has 1 N–H and O–H groups in total. The third-order valence-electron chi connectivity index (χ3n) is 4.35. The lowest BCUT2D eigenvalue weighted by Crippen LogP contribution is -2.33. The van der Waals surface area contributed by atoms with Gasteiger partial charge in [0.2, 0.25) is 11.9 Å². The molecule has 0 radical (unpaired) electrons. The number of amides is 1. The zero-order chi connectivity index (χ0) is 19.6. The zero-order valence-corrected chi connectivity index (χ0v) is 15.9. The highest BCUT2D eigenvalue weighted by molar-refractivity contribution is 5.89. The predicted molar refractivity (Wildman–Crippen MR) is 103 cm³/mol. The topological polar surface area (TPSA) is 97.4 Å². The lowest BCUT2D eigenvalue weighted by molar-refractivity contribution is -0.117. The maximum Gasteiger partial charge on any atom is 0.291 e. The minimum absolute atomic E-state index is 0.202. The lowest BCUT2D eigenvalue weighted by atomic mass is 10.1. The van der Waals surface area contributed by atoms with Crippen LogP contribution in [0.2, 0.25) is 0 Å². The first kappa shape index (κ1) is 18.6. The van der Waals surface area contributed by atoms with Gasteiger partial charge in [0.15, 0.2) is 0 Å². The van der Waals surface area contributed by atoms with Gasteiger partial charge < -0.3 is 10.2 Å². The van der Waals surface area contributed by atoms with Crippen LogP contribution in [0.1, 0.15) is 32.3 Å². The molecule has 0 aromatic carbocycles. The summed E-state index contributed by atoms with van der Waals surface area (Å²) < 4.78 is 2.98. The Morgan fingerprint density at radius 2 is 2.15 bits per heavy atom. The van der Waals surface area contributed by atoms with Crippen molar-refractivity contribution in [2.24, 2.45) is 0 Å². The lowest BCUT2D eigenvalue weighted by Gasteiger charge is -2.18. The molecule has 3 heterocycles. The van der Waals surface area contributed by atoms with Crippen molar-refractivity contribution in [2.75, 3.05) is 23.8 Å². The van der Waals surface area contributed by atoms with Crippen LogP contribution in [0.5, 0.6) is 0 Å². The number of hydrogen-bond acceptors (Lipinski definition) is 6. The number of nitrogens with zero attached hydrogens (tertiary/aromatic N) is 6. The summed E-state index contributed by atoms with van der Waals surface area (Å²) in [6.07, 6.45) is 4.80. The largest absolute Gasteiger partial charge is 0.344 e. The number of hydrogen-bond donors (Lipinski definition) is 1. The molecule has 0 aliphatic carbocycles. The molecular formula is C18H23N7O2. The quantitative estimate of drug-likeness (QED) is 0.707. The van der Waals surface area contributed by atoms with Crippen LogP contribution in [0.3, 0.4) is 0 Å². The van der Waals surface area contributed by atoms with Gasteiger partial charge in [-0.25, -0.2) is 14.6 Å². The monoisotopic (exact) mass is 369 g/mol. The summed E-state index contributed by atoms with van der Waals surface area (Å²) in [7, 11) is 1.90. The molecule has 0 spiro atoms. The number of fused-ring (bicyclic) bond motifs is 1. The van der Waals surface area contributed by atoms with Crippen LogP contribution >= 0.6 is 0 Å². The van der Waals surface area contributed by atoms with Gasteiger partial charge in [-0.05, 0) is 30.5 Å². The van der Waals surface area contributed by atoms with E-state index in [2.05, 4.69) is 34.2 Å². The SMILES string of the molecule is CCN(C)c1nn(CC(=O)Nc2ccncn2)c(=O)c2cc(C(C)C)cn12. The highest BCUT2D eigenvalue weighted by atomic mass is 16.2. The van der Waals surface area contributed by atoms with Crippen molar-refractivity contribution < 1.29 is 4.79 Å². The minimum Gasteiger partial charge on any atom is -0.344 e. The zero-order valence-electron chi connectivity index (χ0n) is 15.9. The Bertz CT molecular complexity index is 1010. The number of nitrogens with one attached hydrogen (secondary N) is 1. The molecule has 3 aromatic heterocycles. The summed E-state index contributed by atoms with van der Waals surface area (Å²) >= 11 is 0. The van der Waals surface area contributed by atoms with Crippen LogP contribution in [0.25, 0.3) is 5.52 Å². The van der Waals surface area contributed by atoms with Gasteiger partial charge in [-0.2, -0.15) is 0 Å². The van der Waals surface area contributed by atoms with Gasteiger partial charge in [0.05, 0.1) is 0 Å². The van der Waals surface area contributed by atoms with E-state index in [0.29, 0.717) is 23.8 Å². The van der Waals surface area contributed by atoms with Gasteiger partial charge >= 0.3 is 0 Å². The second-order valence-corrected chi connectivity index (χ2v) is 6.60. The van der Waals surface area contributed by atoms with Gasteiger partial charge in [-0.1, -0.05) is 13.8 Å². The van der Waals surface area contributed by atoms with Gasteiger partial charge in [-0.15, -0.1) is 5.10 Å². The Hall–Kier alpha value is -3.23. The highest BCUT2D eigenvalue weighted by Crippen LogP contribution is 2.20. The Balaban J connectivity index is 2.00. The van der Waals surface area contributed by atoms with E-state index < -0.39 is 0 Å². The fourth-order valence-corrected chi connectivity index (χ4v) is 2.65. The molecule has 0 bridgehead atoms. The highest BCUT2D eigenvalue weighted by Gasteiger charge is 2.17. The summed E-state index contributed by atoms with van der Waals surface area (Å²) in [6, 6.07) is 3.44. The van der Waals surface area contributed by atoms with Crippen LogP contribution in [0.15, 0.2) is 35.6 Å². The van der Waals surface area contributed by atoms with Crippen LogP contribution in [-0.4, -0.2) is 43.6 Å². The average molecular weight is 369 g/mol. The molecule has 0 aliphatic heterocycles. The Morgan fingerprint density at radius 1 is 1.37 bits per heavy atom. The van der Waals surface area contributed by atoms with Crippen molar-refractivity contribution in [1.82, 2.24) is 24.1 Å². The molecule has 0 unspecified atom stereocenters. The summed E-state index contributed by atoms with van der Waals surface area (Å²) in [5.74, 6) is 0.876. The molecule has 0 saturated carbocycles. The smallest absolute Gasteiger partial charge is 0.291 e. The fourth-order valence-electron chi connectivity index (χ4n) is 2.65. The van der Waals surface area contributed by atoms with E-state index in [9.17, 15) is 9.59 Å². The van der Waals surface area contributed by atoms with Crippen molar-refractivity contribution in [1.29, 1.82) is 0 Å². The standard InChI is InChI=1S/C18H23N7O2/c1-5-23(4)18-22-25(10-16(26)21-15-6-7-19-11-20-15)17(27)14-8-13(12(2)3)9-24(14)18/h6-9,11-12H,5,10H2,1-4H3,(H,19,20,21,26). The van der Waals surface area contributed by atoms with Crippen LogP contribution in [-0.2, 0) is 11.3 Å². The van der Waals surface area contributed by atoms with Crippen LogP contribution in [0.4, 0.5) is 11.8 Å². The normalized spacial score (nSPS) is 11.1. The van der Waals surface area contributed by atoms with Crippen LogP contribution < -0.4 is 15.8 Å². The second-order valence-electron chi connectivity index (χ2n) is 6.60. The number of carbonyl (C=O) groups is 1. The van der Waals surface area contributed by atoms with Crippen molar-refractivity contribution in [3.63, 3.8) is 0 Å². The second kappa shape index (κ2) is 7.56. The summed E-state index contributed by atoms with van der Waals surface area (Å²) in [6.45, 7) is 6.64. The third-order valence-corrected chi connectivity index (χ3v) is 4.35. The molecule has 3 rings (SSSR count). The van der Waals surface area contributed by atoms with E-state index in [1.807, 2.05) is 31.1 Å². The first-order valence-corrected chi connectivity index (χ1v) is 8.80. The molecule has 9 heteroatoms. The number of aromatic nitrogens is 5. The molecule has 1 amide bonds. The molecule has 0 fully saturated rings. The predicted octanol–water partition coefficient (Wildman–Crippen LogP) is 1.50. The maximum atomic E-state index is 12.9. The number of carbonyl (C=O) groups excluding carboxylic acids is 1. The third kappa shape index (κ3) is 3.81. The summed E-state index contributed by atoms with van der Waals surface area (Å²) in [5, 5.41) is 7.07. The molecule has 0 atom stereocenters. The Kier molecular flexibility index (Phi) is 5.20. The number of rotatable bonds is 6. The number of anilines is 2. The van der Waals surface area contributed by atoms with E-state index in [-0.39, 0.29) is 23.9 Å². The summed E-state index contributed by atoms with van der Waals surface area (Å²) in [5.41, 5.74) is 1.23. The van der Waals surface area contributed by atoms with E-state index >= 15 is 0 Å². The molecule has 9 nitrogen and oxygen atoms in total.